The number of aromatic nitrogens is 2. The summed E-state index contributed by atoms with van der Waals surface area (Å²) in [5, 5.41) is 13.3. The van der Waals surface area contributed by atoms with Gasteiger partial charge in [0.1, 0.15) is 0 Å². The van der Waals surface area contributed by atoms with Gasteiger partial charge in [-0.2, -0.15) is 10.2 Å². The predicted octanol–water partition coefficient (Wildman–Crippen LogP) is 2.82. The molecule has 0 fully saturated rings. The summed E-state index contributed by atoms with van der Waals surface area (Å²) < 4.78 is 0. The first kappa shape index (κ1) is 10.6. The third kappa shape index (κ3) is 1.71. The average molecular weight is 247 g/mol. The molecule has 19 heavy (non-hydrogen) atoms. The summed E-state index contributed by atoms with van der Waals surface area (Å²) in [6.45, 7) is 0.898. The minimum atomic E-state index is 0.160. The molecule has 0 saturated carbocycles. The molecule has 2 heterocycles. The van der Waals surface area contributed by atoms with E-state index in [9.17, 15) is 0 Å². The van der Waals surface area contributed by atoms with E-state index in [1.807, 2.05) is 18.2 Å². The van der Waals surface area contributed by atoms with Crippen LogP contribution in [0.3, 0.4) is 0 Å². The van der Waals surface area contributed by atoms with Crippen LogP contribution in [0.15, 0.2) is 54.6 Å². The lowest BCUT2D eigenvalue weighted by atomic mass is 10.0. The van der Waals surface area contributed by atoms with Gasteiger partial charge in [-0.15, -0.1) is 0 Å². The van der Waals surface area contributed by atoms with Gasteiger partial charge in [0, 0.05) is 11.9 Å². The zero-order chi connectivity index (χ0) is 12.7. The number of benzene rings is 2. The second-order valence-electron chi connectivity index (χ2n) is 4.84. The topological polar surface area (TPSA) is 37.8 Å². The summed E-state index contributed by atoms with van der Waals surface area (Å²) in [5.41, 5.74) is 4.59. The van der Waals surface area contributed by atoms with Crippen molar-refractivity contribution in [1.82, 2.24) is 15.5 Å². The third-order valence-corrected chi connectivity index (χ3v) is 3.67. The number of nitrogens with zero attached hydrogens (tertiary/aromatic N) is 2. The van der Waals surface area contributed by atoms with E-state index in [0.717, 1.165) is 23.1 Å². The molecule has 0 radical (unpaired) electrons. The van der Waals surface area contributed by atoms with E-state index < -0.39 is 0 Å². The molecule has 1 aliphatic heterocycles. The Bertz CT molecular complexity index is 752. The Balaban J connectivity index is 1.83. The Kier molecular flexibility index (Phi) is 2.32. The highest BCUT2D eigenvalue weighted by Crippen LogP contribution is 2.30. The van der Waals surface area contributed by atoms with E-state index in [4.69, 9.17) is 0 Å². The van der Waals surface area contributed by atoms with Crippen LogP contribution in [0, 0.1) is 0 Å². The third-order valence-electron chi connectivity index (χ3n) is 3.67. The lowest BCUT2D eigenvalue weighted by Crippen LogP contribution is -2.15. The van der Waals surface area contributed by atoms with Crippen molar-refractivity contribution in [3.8, 4) is 0 Å². The van der Waals surface area contributed by atoms with Gasteiger partial charge in [0.05, 0.1) is 17.3 Å². The molecule has 0 saturated heterocycles. The molecule has 2 aromatic carbocycles. The van der Waals surface area contributed by atoms with Crippen molar-refractivity contribution in [2.75, 3.05) is 0 Å². The van der Waals surface area contributed by atoms with Crippen LogP contribution in [0.2, 0.25) is 0 Å². The number of hydrogen-bond donors (Lipinski definition) is 1. The van der Waals surface area contributed by atoms with Crippen LogP contribution >= 0.6 is 0 Å². The lowest BCUT2D eigenvalue weighted by Gasteiger charge is -2.11. The van der Waals surface area contributed by atoms with Gasteiger partial charge in [-0.1, -0.05) is 42.5 Å². The minimum Gasteiger partial charge on any atom is -0.301 e. The first-order chi connectivity index (χ1) is 9.42. The largest absolute Gasteiger partial charge is 0.301 e. The molecule has 0 aliphatic carbocycles. The van der Waals surface area contributed by atoms with Crippen LogP contribution in [0.25, 0.3) is 10.9 Å². The van der Waals surface area contributed by atoms with Crippen molar-refractivity contribution >= 4 is 10.9 Å². The zero-order valence-electron chi connectivity index (χ0n) is 10.4. The molecule has 3 nitrogen and oxygen atoms in total. The molecule has 0 spiro atoms. The minimum absolute atomic E-state index is 0.160. The Morgan fingerprint density at radius 3 is 2.79 bits per heavy atom. The number of rotatable bonds is 1. The lowest BCUT2D eigenvalue weighted by molar-refractivity contribution is 0.642. The van der Waals surface area contributed by atoms with E-state index in [-0.39, 0.29) is 6.04 Å². The smallest absolute Gasteiger partial charge is 0.0929 e. The predicted molar refractivity (Wildman–Crippen MR) is 74.7 cm³/mol. The van der Waals surface area contributed by atoms with Gasteiger partial charge >= 0.3 is 0 Å². The maximum Gasteiger partial charge on any atom is 0.0929 e. The second kappa shape index (κ2) is 4.14. The molecule has 1 atom stereocenters. The maximum absolute atomic E-state index is 4.38. The molecule has 1 N–H and O–H groups in total. The zero-order valence-corrected chi connectivity index (χ0v) is 10.4. The van der Waals surface area contributed by atoms with Crippen molar-refractivity contribution in [2.24, 2.45) is 0 Å². The molecule has 1 unspecified atom stereocenters. The Labute approximate surface area is 111 Å². The van der Waals surface area contributed by atoms with E-state index in [1.165, 1.54) is 11.1 Å². The van der Waals surface area contributed by atoms with Crippen LogP contribution in [0.1, 0.15) is 22.9 Å². The van der Waals surface area contributed by atoms with Crippen molar-refractivity contribution in [3.63, 3.8) is 0 Å². The molecule has 1 aliphatic rings. The molecule has 4 rings (SSSR count). The Morgan fingerprint density at radius 1 is 0.947 bits per heavy atom. The highest BCUT2D eigenvalue weighted by molar-refractivity contribution is 5.78. The van der Waals surface area contributed by atoms with E-state index >= 15 is 0 Å². The van der Waals surface area contributed by atoms with Gasteiger partial charge in [0.25, 0.3) is 0 Å². The normalized spacial score (nSPS) is 17.6. The Morgan fingerprint density at radius 2 is 1.79 bits per heavy atom. The quantitative estimate of drug-likeness (QED) is 0.718. The number of hydrogen-bond acceptors (Lipinski definition) is 3. The molecule has 3 aromatic rings. The van der Waals surface area contributed by atoms with Gasteiger partial charge in [-0.05, 0) is 23.3 Å². The fourth-order valence-corrected chi connectivity index (χ4v) is 2.70. The SMILES string of the molecule is c1ccc2c(c1)CNC2c1cc2ccccc2nn1. The van der Waals surface area contributed by atoms with Gasteiger partial charge in [0.2, 0.25) is 0 Å². The van der Waals surface area contributed by atoms with Crippen LogP contribution in [-0.4, -0.2) is 10.2 Å². The summed E-state index contributed by atoms with van der Waals surface area (Å²) in [4.78, 5) is 0. The van der Waals surface area contributed by atoms with Crippen LogP contribution in [-0.2, 0) is 6.54 Å². The van der Waals surface area contributed by atoms with Gasteiger partial charge in [-0.25, -0.2) is 0 Å². The average Bonchev–Trinajstić information content (AvgIpc) is 2.91. The first-order valence-corrected chi connectivity index (χ1v) is 6.45. The van der Waals surface area contributed by atoms with Crippen LogP contribution in [0.5, 0.6) is 0 Å². The van der Waals surface area contributed by atoms with Gasteiger partial charge < -0.3 is 5.32 Å². The molecule has 3 heteroatoms. The summed E-state index contributed by atoms with van der Waals surface area (Å²) in [5.74, 6) is 0. The molecule has 0 bridgehead atoms. The summed E-state index contributed by atoms with van der Waals surface area (Å²) in [7, 11) is 0. The first-order valence-electron chi connectivity index (χ1n) is 6.45. The number of nitrogens with one attached hydrogen (secondary N) is 1. The summed E-state index contributed by atoms with van der Waals surface area (Å²) >= 11 is 0. The maximum atomic E-state index is 4.38. The highest BCUT2D eigenvalue weighted by Gasteiger charge is 2.24. The summed E-state index contributed by atoms with van der Waals surface area (Å²) in [6.07, 6.45) is 0. The molecular weight excluding hydrogens is 234 g/mol. The van der Waals surface area contributed by atoms with Crippen LogP contribution in [0.4, 0.5) is 0 Å². The molecule has 1 aromatic heterocycles. The van der Waals surface area contributed by atoms with Crippen LogP contribution < -0.4 is 5.32 Å². The fourth-order valence-electron chi connectivity index (χ4n) is 2.70. The second-order valence-corrected chi connectivity index (χ2v) is 4.84. The number of fused-ring (bicyclic) bond motifs is 2. The van der Waals surface area contributed by atoms with E-state index in [0.29, 0.717) is 0 Å². The fraction of sp³-hybridized carbons (Fsp3) is 0.125. The van der Waals surface area contributed by atoms with Crippen molar-refractivity contribution in [1.29, 1.82) is 0 Å². The van der Waals surface area contributed by atoms with Gasteiger partial charge in [-0.3, -0.25) is 0 Å². The Hall–Kier alpha value is -2.26. The standard InChI is InChI=1S/C16H13N3/c1-3-7-13-12(6-1)10-17-16(13)15-9-11-5-2-4-8-14(11)18-19-15/h1-9,16-17H,10H2. The van der Waals surface area contributed by atoms with Crippen molar-refractivity contribution in [2.45, 2.75) is 12.6 Å². The molecular formula is C16H13N3. The summed E-state index contributed by atoms with van der Waals surface area (Å²) in [6, 6.07) is 18.9. The molecule has 0 amide bonds. The highest BCUT2D eigenvalue weighted by atomic mass is 15.1. The van der Waals surface area contributed by atoms with Crippen molar-refractivity contribution in [3.05, 3.63) is 71.4 Å². The van der Waals surface area contributed by atoms with Crippen molar-refractivity contribution < 1.29 is 0 Å². The van der Waals surface area contributed by atoms with E-state index in [2.05, 4.69) is 51.9 Å². The monoisotopic (exact) mass is 247 g/mol. The molecule has 92 valence electrons. The van der Waals surface area contributed by atoms with Gasteiger partial charge in [0.15, 0.2) is 0 Å². The van der Waals surface area contributed by atoms with E-state index in [1.54, 1.807) is 0 Å².